The van der Waals surface area contributed by atoms with E-state index in [1.165, 1.54) is 0 Å². The highest BCUT2D eigenvalue weighted by Gasteiger charge is 2.45. The van der Waals surface area contributed by atoms with Crippen LogP contribution in [0.1, 0.15) is 54.4 Å². The first-order valence-corrected chi connectivity index (χ1v) is 8.77. The fraction of sp³-hybridized carbons (Fsp3) is 0.750. The molecule has 21 heavy (non-hydrogen) atoms. The molecule has 5 heteroatoms. The molecule has 0 aliphatic heterocycles. The van der Waals surface area contributed by atoms with E-state index < -0.39 is 9.87 Å². The predicted molar refractivity (Wildman–Crippen MR) is 95.5 cm³/mol. The van der Waals surface area contributed by atoms with Crippen molar-refractivity contribution in [3.8, 4) is 0 Å². The van der Waals surface area contributed by atoms with Gasteiger partial charge in [-0.1, -0.05) is 40.9 Å². The molecular weight excluding hydrogens is 304 g/mol. The van der Waals surface area contributed by atoms with Crippen molar-refractivity contribution >= 4 is 24.1 Å². The van der Waals surface area contributed by atoms with Crippen molar-refractivity contribution in [1.82, 2.24) is 0 Å². The fourth-order valence-corrected chi connectivity index (χ4v) is 3.75. The van der Waals surface area contributed by atoms with E-state index >= 15 is 0 Å². The van der Waals surface area contributed by atoms with Crippen LogP contribution in [0, 0.1) is 11.8 Å². The molecular formula is C16H30O3S2. The summed E-state index contributed by atoms with van der Waals surface area (Å²) in [6.45, 7) is 19.9. The lowest BCUT2D eigenvalue weighted by atomic mass is 9.97. The first-order valence-electron chi connectivity index (χ1n) is 7.22. The second-order valence-electron chi connectivity index (χ2n) is 6.55. The highest BCUT2D eigenvalue weighted by Crippen LogP contribution is 2.48. The summed E-state index contributed by atoms with van der Waals surface area (Å²) in [6, 6.07) is 0. The molecule has 0 amide bonds. The Morgan fingerprint density at radius 1 is 0.905 bits per heavy atom. The maximum Gasteiger partial charge on any atom is 0.162 e. The Morgan fingerprint density at radius 3 is 1.33 bits per heavy atom. The monoisotopic (exact) mass is 334 g/mol. The van der Waals surface area contributed by atoms with Gasteiger partial charge in [0.15, 0.2) is 9.87 Å². The highest BCUT2D eigenvalue weighted by molar-refractivity contribution is 7.96. The van der Waals surface area contributed by atoms with Gasteiger partial charge in [0.2, 0.25) is 0 Å². The van der Waals surface area contributed by atoms with Crippen LogP contribution < -0.4 is 0 Å². The molecule has 0 fully saturated rings. The number of ether oxygens (including phenoxy) is 1. The van der Waals surface area contributed by atoms with Crippen molar-refractivity contribution in [1.29, 1.82) is 0 Å². The van der Waals surface area contributed by atoms with Crippen LogP contribution in [0.5, 0.6) is 0 Å². The molecule has 0 aliphatic rings. The van der Waals surface area contributed by atoms with Crippen molar-refractivity contribution in [2.75, 3.05) is 0 Å². The third kappa shape index (κ3) is 5.64. The van der Waals surface area contributed by atoms with Gasteiger partial charge in [-0.15, -0.1) is 0 Å². The van der Waals surface area contributed by atoms with Gasteiger partial charge in [0.1, 0.15) is 0 Å². The summed E-state index contributed by atoms with van der Waals surface area (Å²) in [4.78, 5) is -1.89. The summed E-state index contributed by atoms with van der Waals surface area (Å²) in [5.74, 6) is 0.624. The topological polar surface area (TPSA) is 49.7 Å². The smallest absolute Gasteiger partial charge is 0.162 e. The molecule has 0 rings (SSSR count). The zero-order chi connectivity index (χ0) is 16.8. The van der Waals surface area contributed by atoms with Crippen LogP contribution in [0.2, 0.25) is 0 Å². The molecule has 0 aromatic rings. The summed E-state index contributed by atoms with van der Waals surface area (Å²) in [7, 11) is 0. The van der Waals surface area contributed by atoms with Crippen LogP contribution in [0.25, 0.3) is 0 Å². The lowest BCUT2D eigenvalue weighted by Crippen LogP contribution is -2.43. The lowest BCUT2D eigenvalue weighted by molar-refractivity contribution is -0.0406. The fourth-order valence-electron chi connectivity index (χ4n) is 2.21. The Balaban J connectivity index is 5.69. The predicted octanol–water partition coefficient (Wildman–Crippen LogP) is 6.05. The van der Waals surface area contributed by atoms with Gasteiger partial charge in [0.25, 0.3) is 0 Å². The van der Waals surface area contributed by atoms with E-state index in [-0.39, 0.29) is 0 Å². The summed E-state index contributed by atoms with van der Waals surface area (Å²) in [5.41, 5.74) is 1.46. The van der Waals surface area contributed by atoms with Crippen molar-refractivity contribution in [2.45, 2.75) is 64.3 Å². The Hall–Kier alpha value is 0.0600. The van der Waals surface area contributed by atoms with Crippen molar-refractivity contribution in [3.63, 3.8) is 0 Å². The Labute approximate surface area is 138 Å². The molecule has 3 nitrogen and oxygen atoms in total. The van der Waals surface area contributed by atoms with E-state index in [4.69, 9.17) is 4.74 Å². The third-order valence-corrected chi connectivity index (χ3v) is 5.07. The first kappa shape index (κ1) is 21.1. The van der Waals surface area contributed by atoms with Crippen LogP contribution in [-0.4, -0.2) is 19.0 Å². The van der Waals surface area contributed by atoms with Gasteiger partial charge >= 0.3 is 0 Å². The molecule has 2 unspecified atom stereocenters. The molecule has 2 N–H and O–H groups in total. The quantitative estimate of drug-likeness (QED) is 0.289. The van der Waals surface area contributed by atoms with Crippen molar-refractivity contribution < 1.29 is 13.8 Å². The molecule has 2 atom stereocenters. The van der Waals surface area contributed by atoms with E-state index in [0.29, 0.717) is 48.8 Å². The van der Waals surface area contributed by atoms with E-state index in [9.17, 15) is 9.11 Å². The van der Waals surface area contributed by atoms with E-state index in [0.717, 1.165) is 11.1 Å². The zero-order valence-electron chi connectivity index (χ0n) is 14.1. The summed E-state index contributed by atoms with van der Waals surface area (Å²) in [6.07, 6.45) is 1.22. The molecule has 0 spiro atoms. The Morgan fingerprint density at radius 2 is 1.19 bits per heavy atom. The average Bonchev–Trinajstić information content (AvgIpc) is 2.35. The van der Waals surface area contributed by atoms with Gasteiger partial charge in [0.05, 0.1) is 0 Å². The van der Waals surface area contributed by atoms with Crippen LogP contribution >= 0.6 is 24.1 Å². The van der Waals surface area contributed by atoms with Crippen LogP contribution in [0.4, 0.5) is 0 Å². The molecule has 0 bridgehead atoms. The summed E-state index contributed by atoms with van der Waals surface area (Å²) < 4.78 is 26.1. The molecule has 0 radical (unpaired) electrons. The average molecular weight is 335 g/mol. The third-order valence-electron chi connectivity index (χ3n) is 3.28. The summed E-state index contributed by atoms with van der Waals surface area (Å²) in [5, 5.41) is 0. The lowest BCUT2D eigenvalue weighted by Gasteiger charge is -2.43. The molecule has 0 aromatic carbocycles. The van der Waals surface area contributed by atoms with Gasteiger partial charge in [-0.05, 0) is 49.7 Å². The van der Waals surface area contributed by atoms with Crippen molar-refractivity contribution in [2.24, 2.45) is 11.8 Å². The molecule has 0 aromatic heterocycles. The highest BCUT2D eigenvalue weighted by atomic mass is 32.2. The van der Waals surface area contributed by atoms with Gasteiger partial charge in [-0.2, -0.15) is 0 Å². The summed E-state index contributed by atoms with van der Waals surface area (Å²) >= 11 is 1.31. The van der Waals surface area contributed by atoms with E-state index in [1.54, 1.807) is 0 Å². The van der Waals surface area contributed by atoms with Crippen LogP contribution in [0.15, 0.2) is 24.3 Å². The number of hydrogen-bond acceptors (Lipinski definition) is 5. The second kappa shape index (κ2) is 8.63. The van der Waals surface area contributed by atoms with Gasteiger partial charge in [-0.3, -0.25) is 0 Å². The maximum atomic E-state index is 9.88. The Kier molecular flexibility index (Phi) is 8.65. The van der Waals surface area contributed by atoms with Crippen molar-refractivity contribution in [3.05, 3.63) is 24.3 Å². The maximum absolute atomic E-state index is 9.88. The van der Waals surface area contributed by atoms with Gasteiger partial charge < -0.3 is 13.8 Å². The van der Waals surface area contributed by atoms with E-state index in [1.807, 2.05) is 13.8 Å². The van der Waals surface area contributed by atoms with Crippen LogP contribution in [0.3, 0.4) is 0 Å². The number of hydrogen-bond donors (Lipinski definition) is 2. The molecule has 0 saturated heterocycles. The molecule has 124 valence electrons. The minimum absolute atomic E-state index is 0.312. The van der Waals surface area contributed by atoms with E-state index in [2.05, 4.69) is 40.9 Å². The zero-order valence-corrected chi connectivity index (χ0v) is 15.7. The van der Waals surface area contributed by atoms with Gasteiger partial charge in [0, 0.05) is 24.1 Å². The number of rotatable bonds is 10. The SMILES string of the molecule is C=C(C)C(CC(C)C)(OC(CC(C)C)(SO)C(=C)C)SO. The standard InChI is InChI=1S/C16H30O3S2/c1-11(2)9-15(20-17,13(5)6)19-16(21-18,14(7)8)10-12(3)4/h11-12,17-18H,5,7,9-10H2,1-4,6,8H3. The normalized spacial score (nSPS) is 17.6. The van der Waals surface area contributed by atoms with Crippen LogP contribution in [-0.2, 0) is 4.74 Å². The first-order chi connectivity index (χ1) is 9.55. The molecule has 0 heterocycles. The second-order valence-corrected chi connectivity index (χ2v) is 8.23. The molecule has 0 aliphatic carbocycles. The Bertz CT molecular complexity index is 335. The minimum Gasteiger partial charge on any atom is -0.335 e. The minimum atomic E-state index is -0.947. The van der Waals surface area contributed by atoms with Gasteiger partial charge in [-0.25, -0.2) is 0 Å². The largest absolute Gasteiger partial charge is 0.335 e. The molecule has 0 saturated carbocycles.